The van der Waals surface area contributed by atoms with Crippen molar-refractivity contribution in [1.29, 1.82) is 0 Å². The number of phenols is 1. The summed E-state index contributed by atoms with van der Waals surface area (Å²) in [6, 6.07) is -6.40. The first-order valence-electron chi connectivity index (χ1n) is 28.8. The van der Waals surface area contributed by atoms with Gasteiger partial charge in [-0.1, -0.05) is 85.3 Å². The van der Waals surface area contributed by atoms with E-state index in [1.165, 1.54) is 30.7 Å². The largest absolute Gasteiger partial charge is 0.508 e. The Morgan fingerprint density at radius 3 is 1.88 bits per heavy atom. The Morgan fingerprint density at radius 1 is 0.741 bits per heavy atom. The molecule has 85 heavy (non-hydrogen) atoms. The van der Waals surface area contributed by atoms with Crippen LogP contribution >= 0.6 is 0 Å². The molecule has 0 saturated carbocycles. The first kappa shape index (κ1) is 76.9. The maximum atomic E-state index is 14.6. The van der Waals surface area contributed by atoms with Gasteiger partial charge in [-0.05, 0) is 68.7 Å². The second-order valence-electron chi connectivity index (χ2n) is 21.9. The minimum absolute atomic E-state index is 0. The Labute approximate surface area is 497 Å². The maximum absolute atomic E-state index is 14.6. The van der Waals surface area contributed by atoms with Crippen LogP contribution in [0.15, 0.2) is 24.3 Å². The van der Waals surface area contributed by atoms with Crippen LogP contribution in [0, 0.1) is 11.8 Å². The summed E-state index contributed by atoms with van der Waals surface area (Å²) in [5, 5.41) is 119. The van der Waals surface area contributed by atoms with Crippen LogP contribution in [0.25, 0.3) is 0 Å². The number of aromatic hydroxyl groups is 1. The van der Waals surface area contributed by atoms with Crippen molar-refractivity contribution in [2.45, 2.75) is 217 Å². The molecular weight excluding hydrogens is 1120 g/mol. The van der Waals surface area contributed by atoms with Gasteiger partial charge in [-0.2, -0.15) is 0 Å². The molecule has 4 rings (SSSR count). The van der Waals surface area contributed by atoms with Gasteiger partial charge in [0.05, 0.1) is 30.5 Å². The first-order chi connectivity index (χ1) is 39.7. The molecule has 7 amide bonds. The molecule has 3 saturated heterocycles. The molecule has 3 heterocycles. The molecule has 0 spiro atoms. The van der Waals surface area contributed by atoms with Crippen LogP contribution in [-0.4, -0.2) is 226 Å². The zero-order chi connectivity index (χ0) is 63.4. The van der Waals surface area contributed by atoms with Gasteiger partial charge in [-0.15, -0.1) is 0 Å². The normalized spacial score (nSPS) is 26.4. The van der Waals surface area contributed by atoms with Crippen molar-refractivity contribution in [3.05, 3.63) is 29.8 Å². The Hall–Kier alpha value is -6.15. The maximum Gasteiger partial charge on any atom is 0.300 e. The Bertz CT molecular complexity index is 2230. The van der Waals surface area contributed by atoms with Gasteiger partial charge in [0, 0.05) is 52.4 Å². The van der Waals surface area contributed by atoms with Crippen molar-refractivity contribution in [2.24, 2.45) is 23.3 Å². The Kier molecular flexibility index (Phi) is 35.7. The Balaban J connectivity index is 0.00000428. The average Bonchev–Trinajstić information content (AvgIpc) is 3.96. The van der Waals surface area contributed by atoms with Crippen molar-refractivity contribution in [1.82, 2.24) is 41.7 Å². The molecule has 3 aliphatic heterocycles. The molecule has 1 aromatic carbocycles. The van der Waals surface area contributed by atoms with E-state index in [1.54, 1.807) is 0 Å². The number of carboxylic acid groups (broad SMARTS) is 2. The van der Waals surface area contributed by atoms with Crippen LogP contribution in [0.3, 0.4) is 0 Å². The van der Waals surface area contributed by atoms with Gasteiger partial charge in [0.15, 0.2) is 0 Å². The third kappa shape index (κ3) is 25.4. The third-order valence-corrected chi connectivity index (χ3v) is 14.9. The second-order valence-corrected chi connectivity index (χ2v) is 21.9. The van der Waals surface area contributed by atoms with Crippen LogP contribution in [0.5, 0.6) is 5.75 Å². The van der Waals surface area contributed by atoms with Crippen molar-refractivity contribution in [3.63, 3.8) is 0 Å². The van der Waals surface area contributed by atoms with E-state index in [2.05, 4.69) is 52.7 Å². The van der Waals surface area contributed by atoms with Crippen molar-refractivity contribution in [3.8, 4) is 5.75 Å². The molecule has 0 aliphatic carbocycles. The molecular formula is C56H98N10O19. The fraction of sp³-hybridized carbons (Fsp3) is 0.732. The number of carbonyl (C=O) groups excluding carboxylic acids is 7. The van der Waals surface area contributed by atoms with Crippen molar-refractivity contribution < 1.29 is 94.2 Å². The predicted molar refractivity (Wildman–Crippen MR) is 309 cm³/mol. The minimum Gasteiger partial charge on any atom is -0.508 e. The number of fused-ring (bicyclic) bond motifs is 2. The standard InChI is InChI=1S/C52H88N10O15.C2H4O2.CH2O2.CH4/c1-5-28(2)24-29(3)12-10-8-6-7-9-11-13-39(69)56-34-26-38(68)46(55-22-21-54)60-50(75)43-37(67)19-23-61(43)52(77)41(36(66)18-20-53)58-49(74)42(45(71)44(70)31-14-16-32(64)17-15-31)59-48(73)35-25-33(65)27-62(35)51(76)40(30(4)63)57-47(34)72;1-2(3)4;2-1-3;/h14-17,28-30,33-38,40-46,55,63-68,70-71H,5-13,18-27,53-54H2,1-4H3,(H,56,69)(H,57,72)(H,58,74)(H,59,73)(H,60,75);1H3,(H,3,4);1H,(H,2,3);1H4/t28-,29+,30+,33+,34-,35-,36+,37-,38+,40-,41-,42-,43-,44-,45-,46-;;;/m0.../s1. The molecule has 0 aromatic heterocycles. The number of nitrogens with zero attached hydrogens (tertiary/aromatic N) is 2. The quantitative estimate of drug-likeness (QED) is 0.0386. The average molecular weight is 1220 g/mol. The van der Waals surface area contributed by atoms with Crippen LogP contribution in [0.2, 0.25) is 0 Å². The number of aliphatic hydroxyl groups excluding tert-OH is 7. The highest BCUT2D eigenvalue weighted by Gasteiger charge is 2.49. The highest BCUT2D eigenvalue weighted by Crippen LogP contribution is 2.27. The lowest BCUT2D eigenvalue weighted by Gasteiger charge is -2.35. The van der Waals surface area contributed by atoms with E-state index >= 15 is 0 Å². The summed E-state index contributed by atoms with van der Waals surface area (Å²) in [6.45, 7) is 7.57. The number of unbranched alkanes of at least 4 members (excludes halogenated alkanes) is 5. The summed E-state index contributed by atoms with van der Waals surface area (Å²) < 4.78 is 0. The van der Waals surface area contributed by atoms with Gasteiger partial charge in [0.2, 0.25) is 41.4 Å². The third-order valence-electron chi connectivity index (χ3n) is 14.9. The number of aliphatic carboxylic acids is 1. The number of rotatable bonds is 23. The summed E-state index contributed by atoms with van der Waals surface area (Å²) in [7, 11) is 0. The summed E-state index contributed by atoms with van der Waals surface area (Å²) >= 11 is 0. The molecule has 3 aliphatic rings. The number of carbonyl (C=O) groups is 9. The SMILES string of the molecule is C.CC(=O)O.CC[C@H](C)C[C@H](C)CCCCCCCCC(=O)N[C@H]1C[C@@H](O)[C@@H](NCCN)NC(=O)[C@@H]2[C@@H](O)CCN2C(=O)[C@H]([C@H](O)CCN)NC(=O)[C@H]([C@H](O)[C@@H](O)c2ccc(O)cc2)NC(=O)[C@@H]2C[C@@H](O)CN2C(=O)[C@H]([C@@H](C)O)NC1=O.O=CO. The molecule has 29 nitrogen and oxygen atoms in total. The summed E-state index contributed by atoms with van der Waals surface area (Å²) in [6.07, 6.45) is -6.95. The van der Waals surface area contributed by atoms with E-state index in [-0.39, 0.29) is 70.7 Å². The number of hydrogen-bond acceptors (Lipinski definition) is 20. The van der Waals surface area contributed by atoms with Crippen LogP contribution in [0.1, 0.15) is 144 Å². The summed E-state index contributed by atoms with van der Waals surface area (Å²) in [5.74, 6) is -7.27. The first-order valence-corrected chi connectivity index (χ1v) is 28.8. The highest BCUT2D eigenvalue weighted by atomic mass is 16.4. The molecule has 0 bridgehead atoms. The topological polar surface area (TPSA) is 487 Å². The van der Waals surface area contributed by atoms with Crippen LogP contribution in [0.4, 0.5) is 0 Å². The molecule has 3 fully saturated rings. The van der Waals surface area contributed by atoms with E-state index < -0.39 is 152 Å². The number of phenolic OH excluding ortho intramolecular Hbond substituents is 1. The van der Waals surface area contributed by atoms with Gasteiger partial charge < -0.3 is 98.9 Å². The highest BCUT2D eigenvalue weighted by molar-refractivity contribution is 5.98. The van der Waals surface area contributed by atoms with Gasteiger partial charge in [-0.25, -0.2) is 0 Å². The Morgan fingerprint density at radius 2 is 1.31 bits per heavy atom. The van der Waals surface area contributed by atoms with E-state index in [0.717, 1.165) is 62.2 Å². The van der Waals surface area contributed by atoms with Gasteiger partial charge in [0.25, 0.3) is 12.4 Å². The van der Waals surface area contributed by atoms with Gasteiger partial charge >= 0.3 is 0 Å². The van der Waals surface area contributed by atoms with Gasteiger partial charge in [0.1, 0.15) is 60.4 Å². The minimum atomic E-state index is -2.28. The predicted octanol–water partition coefficient (Wildman–Crippen LogP) is -2.88. The van der Waals surface area contributed by atoms with E-state index in [0.29, 0.717) is 24.7 Å². The molecule has 486 valence electrons. The number of aliphatic hydroxyl groups is 7. The van der Waals surface area contributed by atoms with E-state index in [4.69, 9.17) is 31.3 Å². The molecule has 0 radical (unpaired) electrons. The van der Waals surface area contributed by atoms with Gasteiger partial charge in [-0.3, -0.25) is 48.5 Å². The second kappa shape index (κ2) is 39.5. The monoisotopic (exact) mass is 1210 g/mol. The number of carboxylic acids is 1. The fourth-order valence-corrected chi connectivity index (χ4v) is 10.2. The lowest BCUT2D eigenvalue weighted by atomic mass is 9.91. The lowest BCUT2D eigenvalue weighted by Crippen LogP contribution is -2.65. The van der Waals surface area contributed by atoms with E-state index in [1.807, 2.05) is 0 Å². The molecule has 16 atom stereocenters. The summed E-state index contributed by atoms with van der Waals surface area (Å²) in [4.78, 5) is 119. The summed E-state index contributed by atoms with van der Waals surface area (Å²) in [5.41, 5.74) is 11.5. The number of amides is 7. The van der Waals surface area contributed by atoms with Crippen LogP contribution < -0.4 is 43.4 Å². The molecule has 1 aromatic rings. The molecule has 0 unspecified atom stereocenters. The lowest BCUT2D eigenvalue weighted by molar-refractivity contribution is -0.148. The van der Waals surface area contributed by atoms with Crippen LogP contribution in [-0.2, 0) is 43.2 Å². The van der Waals surface area contributed by atoms with Crippen molar-refractivity contribution >= 4 is 53.8 Å². The number of benzene rings is 1. The molecule has 29 heteroatoms. The number of hydrogen-bond donors (Lipinski definition) is 18. The van der Waals surface area contributed by atoms with E-state index in [9.17, 15) is 74.4 Å². The van der Waals surface area contributed by atoms with Crippen molar-refractivity contribution in [2.75, 3.05) is 32.7 Å². The molecule has 20 N–H and O–H groups in total. The zero-order valence-corrected chi connectivity index (χ0v) is 48.8. The smallest absolute Gasteiger partial charge is 0.300 e. The number of nitrogens with two attached hydrogens (primary N) is 2. The number of nitrogens with one attached hydrogen (secondary N) is 6. The zero-order valence-electron chi connectivity index (χ0n) is 48.8. The fourth-order valence-electron chi connectivity index (χ4n) is 10.2.